The van der Waals surface area contributed by atoms with Crippen molar-refractivity contribution in [2.45, 2.75) is 30.9 Å². The molecule has 3 rings (SSSR count). The van der Waals surface area contributed by atoms with Gasteiger partial charge in [-0.05, 0) is 41.5 Å². The number of hydrogen-bond acceptors (Lipinski definition) is 3. The number of carbonyl (C=O) groups is 1. The van der Waals surface area contributed by atoms with Gasteiger partial charge in [0.1, 0.15) is 12.2 Å². The average Bonchev–Trinajstić information content (AvgIpc) is 2.71. The van der Waals surface area contributed by atoms with Crippen LogP contribution in [0.1, 0.15) is 28.7 Å². The van der Waals surface area contributed by atoms with Crippen molar-refractivity contribution in [2.24, 2.45) is 0 Å². The minimum absolute atomic E-state index is 0.00880. The molecule has 1 unspecified atom stereocenters. The molecule has 2 aromatic carbocycles. The highest BCUT2D eigenvalue weighted by Crippen LogP contribution is 2.39. The van der Waals surface area contributed by atoms with Crippen LogP contribution in [-0.2, 0) is 34.0 Å². The summed E-state index contributed by atoms with van der Waals surface area (Å²) >= 11 is 12.0. The van der Waals surface area contributed by atoms with E-state index >= 15 is 0 Å². The van der Waals surface area contributed by atoms with E-state index < -0.39 is 48.1 Å². The van der Waals surface area contributed by atoms with E-state index in [1.54, 1.807) is 6.07 Å². The van der Waals surface area contributed by atoms with Crippen molar-refractivity contribution in [3.05, 3.63) is 68.7 Å². The Hall–Kier alpha value is -2.01. The van der Waals surface area contributed by atoms with E-state index in [1.165, 1.54) is 12.1 Å². The molecule has 1 heterocycles. The highest BCUT2D eigenvalue weighted by atomic mass is 35.5. The van der Waals surface area contributed by atoms with Gasteiger partial charge in [-0.3, -0.25) is 4.79 Å². The number of benzene rings is 2. The molecule has 0 radical (unpaired) electrons. The van der Waals surface area contributed by atoms with Crippen molar-refractivity contribution >= 4 is 29.1 Å². The summed E-state index contributed by atoms with van der Waals surface area (Å²) in [6.07, 6.45) is -10.0. The van der Waals surface area contributed by atoms with Crippen LogP contribution in [-0.4, -0.2) is 35.7 Å². The van der Waals surface area contributed by atoms with Gasteiger partial charge in [-0.1, -0.05) is 29.3 Å². The largest absolute Gasteiger partial charge is 0.416 e. The van der Waals surface area contributed by atoms with Gasteiger partial charge in [0.2, 0.25) is 5.91 Å². The minimum atomic E-state index is -5.01. The van der Waals surface area contributed by atoms with Crippen LogP contribution in [0.4, 0.5) is 26.3 Å². The maximum atomic E-state index is 13.2. The molecule has 0 saturated carbocycles. The van der Waals surface area contributed by atoms with E-state index in [0.29, 0.717) is 17.7 Å². The number of hydrogen-bond donors (Lipinski definition) is 1. The summed E-state index contributed by atoms with van der Waals surface area (Å²) in [5, 5.41) is 9.99. The topological polar surface area (TPSA) is 49.8 Å². The molecule has 1 aliphatic rings. The van der Waals surface area contributed by atoms with Crippen molar-refractivity contribution < 1.29 is 41.0 Å². The molecule has 33 heavy (non-hydrogen) atoms. The summed E-state index contributed by atoms with van der Waals surface area (Å²) in [5.41, 5.74) is -4.13. The van der Waals surface area contributed by atoms with Gasteiger partial charge in [0.05, 0.1) is 27.7 Å². The molecule has 1 atom stereocenters. The Morgan fingerprint density at radius 3 is 2.09 bits per heavy atom. The first-order valence-electron chi connectivity index (χ1n) is 9.52. The Labute approximate surface area is 194 Å². The zero-order chi connectivity index (χ0) is 24.6. The second-order valence-corrected chi connectivity index (χ2v) is 8.36. The number of aliphatic hydroxyl groups is 1. The van der Waals surface area contributed by atoms with E-state index in [-0.39, 0.29) is 41.2 Å². The number of halogens is 8. The fourth-order valence-electron chi connectivity index (χ4n) is 3.64. The fraction of sp³-hybridized carbons (Fsp3) is 0.381. The van der Waals surface area contributed by atoms with E-state index in [9.17, 15) is 36.2 Å². The molecule has 0 aromatic heterocycles. The first-order valence-corrected chi connectivity index (χ1v) is 10.3. The third-order valence-corrected chi connectivity index (χ3v) is 5.99. The van der Waals surface area contributed by atoms with Gasteiger partial charge in [0, 0.05) is 19.6 Å². The van der Waals surface area contributed by atoms with Crippen LogP contribution in [0.25, 0.3) is 0 Å². The van der Waals surface area contributed by atoms with Gasteiger partial charge >= 0.3 is 12.4 Å². The van der Waals surface area contributed by atoms with Crippen LogP contribution in [0.5, 0.6) is 0 Å². The molecular formula is C21H17Cl2F6NO3. The summed E-state index contributed by atoms with van der Waals surface area (Å²) in [6, 6.07) is 5.68. The van der Waals surface area contributed by atoms with Crippen molar-refractivity contribution in [1.82, 2.24) is 4.90 Å². The van der Waals surface area contributed by atoms with Crippen LogP contribution in [0.3, 0.4) is 0 Å². The number of aliphatic hydroxyl groups excluding tert-OH is 1. The predicted octanol–water partition coefficient (Wildman–Crippen LogP) is 5.67. The molecule has 2 aromatic rings. The van der Waals surface area contributed by atoms with Gasteiger partial charge in [-0.15, -0.1) is 0 Å². The molecule has 12 heteroatoms. The van der Waals surface area contributed by atoms with Crippen molar-refractivity contribution in [3.63, 3.8) is 0 Å². The monoisotopic (exact) mass is 515 g/mol. The number of carbonyl (C=O) groups excluding carboxylic acids is 1. The molecule has 4 nitrogen and oxygen atoms in total. The summed E-state index contributed by atoms with van der Waals surface area (Å²) in [7, 11) is 0. The smallest absolute Gasteiger partial charge is 0.396 e. The van der Waals surface area contributed by atoms with Gasteiger partial charge in [-0.25, -0.2) is 0 Å². The lowest BCUT2D eigenvalue weighted by molar-refractivity contribution is -0.169. The van der Waals surface area contributed by atoms with E-state index in [4.69, 9.17) is 27.9 Å². The number of alkyl halides is 6. The zero-order valence-electron chi connectivity index (χ0n) is 16.7. The Balaban J connectivity index is 1.99. The van der Waals surface area contributed by atoms with Crippen LogP contribution in [0, 0.1) is 0 Å². The molecule has 0 bridgehead atoms. The molecule has 1 aliphatic heterocycles. The highest BCUT2D eigenvalue weighted by Gasteiger charge is 2.42. The fourth-order valence-corrected chi connectivity index (χ4v) is 3.94. The molecule has 180 valence electrons. The van der Waals surface area contributed by atoms with Crippen LogP contribution < -0.4 is 0 Å². The third kappa shape index (κ3) is 5.74. The standard InChI is InChI=1S/C21H17Cl2F6NO3/c22-16-2-1-13(8-17(16)23)19(3-4-31)11-30(18(32)10-33-19)9-12-5-14(20(24,25)26)7-15(6-12)21(27,28)29/h1-2,5-8,31H,3-4,9-11H2. The van der Waals surface area contributed by atoms with E-state index in [1.807, 2.05) is 0 Å². The van der Waals surface area contributed by atoms with Gasteiger partial charge in [0.15, 0.2) is 0 Å². The molecule has 1 saturated heterocycles. The molecule has 1 amide bonds. The molecule has 0 aliphatic carbocycles. The van der Waals surface area contributed by atoms with Crippen LogP contribution in [0.2, 0.25) is 10.0 Å². The van der Waals surface area contributed by atoms with Crippen molar-refractivity contribution in [2.75, 3.05) is 19.8 Å². The van der Waals surface area contributed by atoms with Crippen molar-refractivity contribution in [3.8, 4) is 0 Å². The summed E-state index contributed by atoms with van der Waals surface area (Å²) < 4.78 is 84.8. The average molecular weight is 516 g/mol. The van der Waals surface area contributed by atoms with E-state index in [0.717, 1.165) is 4.90 Å². The number of morpholine rings is 1. The second kappa shape index (κ2) is 9.32. The van der Waals surface area contributed by atoms with Crippen molar-refractivity contribution in [1.29, 1.82) is 0 Å². The zero-order valence-corrected chi connectivity index (χ0v) is 18.2. The van der Waals surface area contributed by atoms with Crippen LogP contribution in [0.15, 0.2) is 36.4 Å². The van der Waals surface area contributed by atoms with Gasteiger partial charge in [0.25, 0.3) is 0 Å². The van der Waals surface area contributed by atoms with Gasteiger partial charge in [-0.2, -0.15) is 26.3 Å². The third-order valence-electron chi connectivity index (χ3n) is 5.25. The summed E-state index contributed by atoms with van der Waals surface area (Å²) in [6.45, 7) is -1.62. The Kier molecular flexibility index (Phi) is 7.24. The summed E-state index contributed by atoms with van der Waals surface area (Å²) in [5.74, 6) is -0.630. The molecule has 1 fully saturated rings. The highest BCUT2D eigenvalue weighted by molar-refractivity contribution is 6.42. The number of ether oxygens (including phenoxy) is 1. The number of rotatable bonds is 5. The predicted molar refractivity (Wildman–Crippen MR) is 108 cm³/mol. The molecular weight excluding hydrogens is 499 g/mol. The van der Waals surface area contributed by atoms with Gasteiger partial charge < -0.3 is 14.7 Å². The molecule has 1 N–H and O–H groups in total. The number of amides is 1. The second-order valence-electron chi connectivity index (χ2n) is 7.55. The molecule has 0 spiro atoms. The lowest BCUT2D eigenvalue weighted by Crippen LogP contribution is -2.52. The lowest BCUT2D eigenvalue weighted by Gasteiger charge is -2.43. The summed E-state index contributed by atoms with van der Waals surface area (Å²) in [4.78, 5) is 13.5. The van der Waals surface area contributed by atoms with Crippen LogP contribution >= 0.6 is 23.2 Å². The lowest BCUT2D eigenvalue weighted by atomic mass is 9.88. The Morgan fingerprint density at radius 1 is 0.970 bits per heavy atom. The number of nitrogens with zero attached hydrogens (tertiary/aromatic N) is 1. The minimum Gasteiger partial charge on any atom is -0.396 e. The maximum absolute atomic E-state index is 13.2. The Bertz CT molecular complexity index is 1010. The maximum Gasteiger partial charge on any atom is 0.416 e. The Morgan fingerprint density at radius 2 is 1.58 bits per heavy atom. The first kappa shape index (κ1) is 25.6. The normalized spacial score (nSPS) is 19.8. The van der Waals surface area contributed by atoms with E-state index in [2.05, 4.69) is 0 Å². The first-order chi connectivity index (χ1) is 15.2. The SMILES string of the molecule is O=C1COC(CCO)(c2ccc(Cl)c(Cl)c2)CN1Cc1cc(C(F)(F)F)cc(C(F)(F)F)c1. The quantitative estimate of drug-likeness (QED) is 0.522.